The van der Waals surface area contributed by atoms with Gasteiger partial charge in [0.15, 0.2) is 0 Å². The number of carbonyl (C=O) groups is 1. The number of fused-ring (bicyclic) bond motifs is 2. The topological polar surface area (TPSA) is 70.2 Å². The van der Waals surface area contributed by atoms with Crippen LogP contribution >= 0.6 is 11.3 Å². The van der Waals surface area contributed by atoms with E-state index in [0.717, 1.165) is 70.5 Å². The Morgan fingerprint density at radius 3 is 2.39 bits per heavy atom. The van der Waals surface area contributed by atoms with Crippen molar-refractivity contribution < 1.29 is 4.79 Å². The molecule has 0 radical (unpaired) electrons. The first-order chi connectivity index (χ1) is 20.0. The van der Waals surface area contributed by atoms with Crippen LogP contribution in [0.2, 0.25) is 0 Å². The molecule has 210 valence electrons. The molecule has 1 saturated carbocycles. The lowest BCUT2D eigenvalue weighted by molar-refractivity contribution is 0.104. The molecule has 6 nitrogen and oxygen atoms in total. The first kappa shape index (κ1) is 27.4. The lowest BCUT2D eigenvalue weighted by Gasteiger charge is -2.29. The van der Waals surface area contributed by atoms with Crippen LogP contribution in [-0.2, 0) is 6.54 Å². The number of para-hydroxylation sites is 1. The molecular formula is C34H37N5OS. The van der Waals surface area contributed by atoms with Gasteiger partial charge in [0.05, 0.1) is 10.4 Å². The smallest absolute Gasteiger partial charge is 0.225 e. The molecule has 5 aromatic rings. The van der Waals surface area contributed by atoms with Gasteiger partial charge in [0.2, 0.25) is 11.7 Å². The highest BCUT2D eigenvalue weighted by molar-refractivity contribution is 7.21. The van der Waals surface area contributed by atoms with E-state index in [2.05, 4.69) is 41.8 Å². The number of rotatable bonds is 9. The van der Waals surface area contributed by atoms with Gasteiger partial charge in [-0.05, 0) is 79.8 Å². The van der Waals surface area contributed by atoms with Crippen molar-refractivity contribution in [1.82, 2.24) is 15.3 Å². The van der Waals surface area contributed by atoms with E-state index in [4.69, 9.17) is 9.97 Å². The Balaban J connectivity index is 1.04. The number of aromatic nitrogens is 2. The average Bonchev–Trinajstić information content (AvgIpc) is 3.33. The van der Waals surface area contributed by atoms with Crippen LogP contribution in [0.5, 0.6) is 0 Å². The molecule has 2 heterocycles. The van der Waals surface area contributed by atoms with Gasteiger partial charge in [0.25, 0.3) is 0 Å². The van der Waals surface area contributed by atoms with Gasteiger partial charge in [-0.15, -0.1) is 11.3 Å². The van der Waals surface area contributed by atoms with E-state index in [0.29, 0.717) is 24.5 Å². The Morgan fingerprint density at radius 1 is 0.902 bits per heavy atom. The number of carbonyl (C=O) groups excluding carboxylic acids is 1. The number of nitrogens with zero attached hydrogens (tertiary/aromatic N) is 3. The van der Waals surface area contributed by atoms with E-state index in [-0.39, 0.29) is 5.78 Å². The molecular weight excluding hydrogens is 526 g/mol. The van der Waals surface area contributed by atoms with Gasteiger partial charge >= 0.3 is 0 Å². The molecule has 0 unspecified atom stereocenters. The Bertz CT molecular complexity index is 1690. The first-order valence-corrected chi connectivity index (χ1v) is 15.3. The van der Waals surface area contributed by atoms with Crippen molar-refractivity contribution in [2.75, 3.05) is 30.9 Å². The van der Waals surface area contributed by atoms with Crippen LogP contribution in [0, 0.1) is 12.8 Å². The van der Waals surface area contributed by atoms with Crippen molar-refractivity contribution in [2.24, 2.45) is 5.92 Å². The minimum Gasteiger partial charge on any atom is -0.362 e. The highest BCUT2D eigenvalue weighted by Gasteiger charge is 2.23. The molecule has 7 heteroatoms. The summed E-state index contributed by atoms with van der Waals surface area (Å²) in [4.78, 5) is 26.1. The maximum Gasteiger partial charge on any atom is 0.225 e. The second kappa shape index (κ2) is 12.0. The highest BCUT2D eigenvalue weighted by atomic mass is 32.1. The van der Waals surface area contributed by atoms with Crippen LogP contribution in [0.25, 0.3) is 21.0 Å². The van der Waals surface area contributed by atoms with Gasteiger partial charge in [-0.2, -0.15) is 4.98 Å². The van der Waals surface area contributed by atoms with Gasteiger partial charge in [-0.3, -0.25) is 4.79 Å². The van der Waals surface area contributed by atoms with Crippen LogP contribution in [-0.4, -0.2) is 42.4 Å². The summed E-state index contributed by atoms with van der Waals surface area (Å²) in [5.74, 6) is 2.40. The molecule has 0 amide bonds. The fourth-order valence-corrected chi connectivity index (χ4v) is 7.14. The quantitative estimate of drug-likeness (QED) is 0.185. The third kappa shape index (κ3) is 5.83. The number of aryl methyl sites for hydroxylation is 1. The van der Waals surface area contributed by atoms with Crippen molar-refractivity contribution in [3.05, 3.63) is 94.4 Å². The van der Waals surface area contributed by atoms with E-state index >= 15 is 0 Å². The number of nitrogens with one attached hydrogen (secondary N) is 2. The summed E-state index contributed by atoms with van der Waals surface area (Å²) in [7, 11) is 4.05. The van der Waals surface area contributed by atoms with Gasteiger partial charge < -0.3 is 15.5 Å². The van der Waals surface area contributed by atoms with Crippen molar-refractivity contribution in [3.8, 4) is 0 Å². The molecule has 2 N–H and O–H groups in total. The lowest BCUT2D eigenvalue weighted by atomic mass is 9.86. The van der Waals surface area contributed by atoms with E-state index in [1.54, 1.807) is 11.3 Å². The molecule has 1 fully saturated rings. The zero-order valence-corrected chi connectivity index (χ0v) is 24.8. The molecule has 0 aliphatic heterocycles. The summed E-state index contributed by atoms with van der Waals surface area (Å²) in [6, 6.07) is 24.9. The summed E-state index contributed by atoms with van der Waals surface area (Å²) >= 11 is 1.60. The number of hydrogen-bond donors (Lipinski definition) is 2. The van der Waals surface area contributed by atoms with Crippen molar-refractivity contribution in [3.63, 3.8) is 0 Å². The van der Waals surface area contributed by atoms with Gasteiger partial charge in [0, 0.05) is 42.3 Å². The molecule has 1 aliphatic rings. The lowest BCUT2D eigenvalue weighted by Crippen LogP contribution is -2.32. The number of anilines is 2. The second-order valence-corrected chi connectivity index (χ2v) is 12.4. The van der Waals surface area contributed by atoms with Crippen molar-refractivity contribution >= 4 is 49.9 Å². The maximum atomic E-state index is 13.6. The molecule has 0 bridgehead atoms. The maximum absolute atomic E-state index is 13.6. The number of benzene rings is 3. The molecule has 1 aliphatic carbocycles. The minimum absolute atomic E-state index is 0.126. The van der Waals surface area contributed by atoms with E-state index in [1.807, 2.05) is 67.5 Å². The number of thiophene rings is 1. The summed E-state index contributed by atoms with van der Waals surface area (Å²) in [5.41, 5.74) is 3.91. The van der Waals surface area contributed by atoms with E-state index < -0.39 is 0 Å². The predicted octanol–water partition coefficient (Wildman–Crippen LogP) is 7.21. The van der Waals surface area contributed by atoms with Crippen LogP contribution in [0.1, 0.15) is 52.0 Å². The molecule has 0 saturated heterocycles. The van der Waals surface area contributed by atoms with Gasteiger partial charge in [-0.25, -0.2) is 4.98 Å². The third-order valence-corrected chi connectivity index (χ3v) is 9.52. The number of hydrogen-bond acceptors (Lipinski definition) is 7. The normalized spacial score (nSPS) is 17.1. The number of ketones is 1. The summed E-state index contributed by atoms with van der Waals surface area (Å²) in [6.07, 6.45) is 4.50. The Morgan fingerprint density at radius 2 is 1.61 bits per heavy atom. The summed E-state index contributed by atoms with van der Waals surface area (Å²) in [5, 5.41) is 9.52. The van der Waals surface area contributed by atoms with Crippen LogP contribution in [0.3, 0.4) is 0 Å². The molecule has 41 heavy (non-hydrogen) atoms. The highest BCUT2D eigenvalue weighted by Crippen LogP contribution is 2.33. The average molecular weight is 564 g/mol. The summed E-state index contributed by atoms with van der Waals surface area (Å²) in [6.45, 7) is 3.71. The fourth-order valence-electron chi connectivity index (χ4n) is 5.98. The monoisotopic (exact) mass is 563 g/mol. The van der Waals surface area contributed by atoms with Gasteiger partial charge in [-0.1, -0.05) is 54.6 Å². The van der Waals surface area contributed by atoms with Crippen LogP contribution < -0.4 is 15.5 Å². The zero-order chi connectivity index (χ0) is 28.3. The van der Waals surface area contributed by atoms with Crippen LogP contribution in [0.4, 0.5) is 11.8 Å². The fraction of sp³-hybridized carbons (Fsp3) is 0.324. The molecule has 6 rings (SSSR count). The molecule has 2 aromatic heterocycles. The predicted molar refractivity (Wildman–Crippen MR) is 171 cm³/mol. The summed E-state index contributed by atoms with van der Waals surface area (Å²) < 4.78 is 1.17. The molecule has 0 spiro atoms. The van der Waals surface area contributed by atoms with E-state index in [9.17, 15) is 4.79 Å². The first-order valence-electron chi connectivity index (χ1n) is 14.5. The Kier molecular flexibility index (Phi) is 7.99. The van der Waals surface area contributed by atoms with Crippen molar-refractivity contribution in [1.29, 1.82) is 0 Å². The van der Waals surface area contributed by atoms with E-state index in [1.165, 1.54) is 10.1 Å². The minimum atomic E-state index is 0.126. The SMILES string of the molecule is Cc1c(C(=O)c2ccccc2CNCC2CCC(Nc3nc(N(C)C)c4ccccc4n3)CC2)sc2ccccc12. The molecule has 3 aromatic carbocycles. The largest absolute Gasteiger partial charge is 0.362 e. The second-order valence-electron chi connectivity index (χ2n) is 11.3. The zero-order valence-electron chi connectivity index (χ0n) is 24.0. The Hall–Kier alpha value is -3.81. The van der Waals surface area contributed by atoms with Gasteiger partial charge in [0.1, 0.15) is 5.82 Å². The Labute approximate surface area is 245 Å². The third-order valence-electron chi connectivity index (χ3n) is 8.25. The standard InChI is InChI=1S/C34H37N5OS/c1-22-26-11-7-9-15-30(26)41-32(22)31(40)27-12-5-4-10-24(27)21-35-20-23-16-18-25(19-17-23)36-34-37-29-14-8-6-13-28(29)33(38-34)39(2)3/h4-15,23,25,35H,16-21H2,1-3H3,(H,36,37,38). The van der Waals surface area contributed by atoms with Crippen molar-refractivity contribution in [2.45, 2.75) is 45.2 Å². The molecule has 0 atom stereocenters. The van der Waals surface area contributed by atoms with Crippen LogP contribution in [0.15, 0.2) is 72.8 Å².